The second-order valence-corrected chi connectivity index (χ2v) is 5.77. The van der Waals surface area contributed by atoms with E-state index in [2.05, 4.69) is 30.9 Å². The maximum absolute atomic E-state index is 6.13. The van der Waals surface area contributed by atoms with Gasteiger partial charge < -0.3 is 10.6 Å². The van der Waals surface area contributed by atoms with E-state index >= 15 is 0 Å². The summed E-state index contributed by atoms with van der Waals surface area (Å²) in [7, 11) is 0. The van der Waals surface area contributed by atoms with Crippen molar-refractivity contribution >= 4 is 17.3 Å². The largest absolute Gasteiger partial charge is 0.369 e. The smallest absolute Gasteiger partial charge is 0.0410 e. The van der Waals surface area contributed by atoms with E-state index in [9.17, 15) is 0 Å². The number of nitrogens with two attached hydrogens (primary N) is 1. The topological polar surface area (TPSA) is 29.3 Å². The van der Waals surface area contributed by atoms with Crippen molar-refractivity contribution in [3.8, 4) is 0 Å². The Morgan fingerprint density at radius 2 is 2.28 bits per heavy atom. The molecular formula is C15H23ClN2. The van der Waals surface area contributed by atoms with Gasteiger partial charge in [-0.1, -0.05) is 18.5 Å². The minimum absolute atomic E-state index is 0.222. The van der Waals surface area contributed by atoms with Gasteiger partial charge >= 0.3 is 0 Å². The van der Waals surface area contributed by atoms with Gasteiger partial charge in [-0.3, -0.25) is 0 Å². The number of anilines is 1. The highest BCUT2D eigenvalue weighted by atomic mass is 35.5. The van der Waals surface area contributed by atoms with Crippen LogP contribution in [0, 0.1) is 0 Å². The minimum atomic E-state index is 0.222. The standard InChI is InChI=1S/C15H23ClN2/c1-3-14(17)10-12-9-13(16)6-7-15(12)18-8-4-5-11(18)2/h6-7,9,11,14H,3-5,8,10,17H2,1-2H3. The molecule has 0 radical (unpaired) electrons. The van der Waals surface area contributed by atoms with Crippen molar-refractivity contribution in [3.63, 3.8) is 0 Å². The quantitative estimate of drug-likeness (QED) is 0.902. The Labute approximate surface area is 115 Å². The van der Waals surface area contributed by atoms with Crippen LogP contribution >= 0.6 is 11.6 Å². The van der Waals surface area contributed by atoms with E-state index in [-0.39, 0.29) is 6.04 Å². The maximum Gasteiger partial charge on any atom is 0.0410 e. The van der Waals surface area contributed by atoms with E-state index in [1.54, 1.807) is 0 Å². The summed E-state index contributed by atoms with van der Waals surface area (Å²) in [4.78, 5) is 2.49. The van der Waals surface area contributed by atoms with Gasteiger partial charge in [0.15, 0.2) is 0 Å². The fourth-order valence-corrected chi connectivity index (χ4v) is 2.91. The van der Waals surface area contributed by atoms with Gasteiger partial charge in [-0.2, -0.15) is 0 Å². The Balaban J connectivity index is 2.28. The summed E-state index contributed by atoms with van der Waals surface area (Å²) >= 11 is 6.13. The van der Waals surface area contributed by atoms with Crippen molar-refractivity contribution in [3.05, 3.63) is 28.8 Å². The molecule has 2 unspecified atom stereocenters. The van der Waals surface area contributed by atoms with Crippen LogP contribution in [0.5, 0.6) is 0 Å². The lowest BCUT2D eigenvalue weighted by molar-refractivity contribution is 0.642. The van der Waals surface area contributed by atoms with Crippen molar-refractivity contribution in [1.82, 2.24) is 0 Å². The number of halogens is 1. The minimum Gasteiger partial charge on any atom is -0.369 e. The first-order valence-electron chi connectivity index (χ1n) is 6.92. The number of benzene rings is 1. The second-order valence-electron chi connectivity index (χ2n) is 5.33. The molecule has 0 saturated carbocycles. The highest BCUT2D eigenvalue weighted by molar-refractivity contribution is 6.30. The molecule has 100 valence electrons. The fraction of sp³-hybridized carbons (Fsp3) is 0.600. The lowest BCUT2D eigenvalue weighted by atomic mass is 10.0. The highest BCUT2D eigenvalue weighted by Gasteiger charge is 2.23. The first kappa shape index (κ1) is 13.7. The van der Waals surface area contributed by atoms with Crippen molar-refractivity contribution < 1.29 is 0 Å². The van der Waals surface area contributed by atoms with Gasteiger partial charge in [0, 0.05) is 29.3 Å². The zero-order valence-electron chi connectivity index (χ0n) is 11.3. The predicted octanol–water partition coefficient (Wildman–Crippen LogP) is 3.61. The summed E-state index contributed by atoms with van der Waals surface area (Å²) in [6.45, 7) is 5.58. The molecule has 1 aliphatic heterocycles. The summed E-state index contributed by atoms with van der Waals surface area (Å²) in [5.74, 6) is 0. The highest BCUT2D eigenvalue weighted by Crippen LogP contribution is 2.31. The summed E-state index contributed by atoms with van der Waals surface area (Å²) < 4.78 is 0. The molecule has 0 aliphatic carbocycles. The fourth-order valence-electron chi connectivity index (χ4n) is 2.72. The molecule has 0 spiro atoms. The van der Waals surface area contributed by atoms with Crippen LogP contribution in [0.15, 0.2) is 18.2 Å². The van der Waals surface area contributed by atoms with Crippen molar-refractivity contribution in [2.45, 2.75) is 51.6 Å². The molecule has 0 amide bonds. The molecule has 0 aromatic heterocycles. The number of hydrogen-bond acceptors (Lipinski definition) is 2. The van der Waals surface area contributed by atoms with E-state index in [1.807, 2.05) is 6.07 Å². The Bertz CT molecular complexity index is 405. The Morgan fingerprint density at radius 1 is 1.50 bits per heavy atom. The van der Waals surface area contributed by atoms with Gasteiger partial charge in [-0.25, -0.2) is 0 Å². The van der Waals surface area contributed by atoms with Crippen LogP contribution < -0.4 is 10.6 Å². The molecule has 0 bridgehead atoms. The molecule has 1 aliphatic rings. The van der Waals surface area contributed by atoms with Crippen LogP contribution in [0.25, 0.3) is 0 Å². The molecule has 18 heavy (non-hydrogen) atoms. The van der Waals surface area contributed by atoms with Crippen LogP contribution in [0.3, 0.4) is 0 Å². The van der Waals surface area contributed by atoms with Gasteiger partial charge in [-0.05, 0) is 56.4 Å². The van der Waals surface area contributed by atoms with Gasteiger partial charge in [-0.15, -0.1) is 0 Å². The first-order chi connectivity index (χ1) is 8.61. The number of rotatable bonds is 4. The van der Waals surface area contributed by atoms with Crippen LogP contribution in [0.2, 0.25) is 5.02 Å². The normalized spacial score (nSPS) is 21.3. The molecule has 2 N–H and O–H groups in total. The van der Waals surface area contributed by atoms with Gasteiger partial charge in [0.2, 0.25) is 0 Å². The average molecular weight is 267 g/mol. The monoisotopic (exact) mass is 266 g/mol. The van der Waals surface area contributed by atoms with E-state index in [0.29, 0.717) is 6.04 Å². The van der Waals surface area contributed by atoms with E-state index in [0.717, 1.165) is 24.4 Å². The number of hydrogen-bond donors (Lipinski definition) is 1. The molecule has 1 aromatic carbocycles. The third-order valence-electron chi connectivity index (χ3n) is 3.91. The predicted molar refractivity (Wildman–Crippen MR) is 79.5 cm³/mol. The first-order valence-corrected chi connectivity index (χ1v) is 7.30. The summed E-state index contributed by atoms with van der Waals surface area (Å²) in [6.07, 6.45) is 4.47. The Morgan fingerprint density at radius 3 is 2.89 bits per heavy atom. The second kappa shape index (κ2) is 5.94. The van der Waals surface area contributed by atoms with Crippen LogP contribution in [0.1, 0.15) is 38.7 Å². The molecular weight excluding hydrogens is 244 g/mol. The van der Waals surface area contributed by atoms with Crippen molar-refractivity contribution in [2.75, 3.05) is 11.4 Å². The van der Waals surface area contributed by atoms with E-state index in [1.165, 1.54) is 24.1 Å². The van der Waals surface area contributed by atoms with Crippen molar-refractivity contribution in [2.24, 2.45) is 5.73 Å². The number of nitrogens with zero attached hydrogens (tertiary/aromatic N) is 1. The van der Waals surface area contributed by atoms with E-state index in [4.69, 9.17) is 17.3 Å². The van der Waals surface area contributed by atoms with Gasteiger partial charge in [0.05, 0.1) is 0 Å². The molecule has 1 heterocycles. The van der Waals surface area contributed by atoms with Crippen LogP contribution in [0.4, 0.5) is 5.69 Å². The third-order valence-corrected chi connectivity index (χ3v) is 4.15. The average Bonchev–Trinajstić information content (AvgIpc) is 2.75. The van der Waals surface area contributed by atoms with Crippen LogP contribution in [-0.2, 0) is 6.42 Å². The Hall–Kier alpha value is -0.730. The molecule has 2 rings (SSSR count). The summed E-state index contributed by atoms with van der Waals surface area (Å²) in [6, 6.07) is 7.07. The molecule has 2 atom stereocenters. The molecule has 1 aromatic rings. The molecule has 1 fully saturated rings. The van der Waals surface area contributed by atoms with Crippen LogP contribution in [-0.4, -0.2) is 18.6 Å². The zero-order chi connectivity index (χ0) is 13.1. The van der Waals surface area contributed by atoms with Gasteiger partial charge in [0.1, 0.15) is 0 Å². The Kier molecular flexibility index (Phi) is 4.52. The lowest BCUT2D eigenvalue weighted by Crippen LogP contribution is -2.29. The lowest BCUT2D eigenvalue weighted by Gasteiger charge is -2.27. The molecule has 1 saturated heterocycles. The maximum atomic E-state index is 6.13. The third kappa shape index (κ3) is 2.99. The summed E-state index contributed by atoms with van der Waals surface area (Å²) in [5.41, 5.74) is 8.72. The van der Waals surface area contributed by atoms with E-state index < -0.39 is 0 Å². The van der Waals surface area contributed by atoms with Gasteiger partial charge in [0.25, 0.3) is 0 Å². The molecule has 3 heteroatoms. The SMILES string of the molecule is CCC(N)Cc1cc(Cl)ccc1N1CCCC1C. The zero-order valence-corrected chi connectivity index (χ0v) is 12.1. The molecule has 2 nitrogen and oxygen atoms in total. The van der Waals surface area contributed by atoms with Crippen molar-refractivity contribution in [1.29, 1.82) is 0 Å². The summed E-state index contributed by atoms with van der Waals surface area (Å²) in [5, 5.41) is 0.809.